The van der Waals surface area contributed by atoms with Crippen LogP contribution >= 0.6 is 12.4 Å². The van der Waals surface area contributed by atoms with Gasteiger partial charge in [0.25, 0.3) is 5.69 Å². The molecule has 0 aromatic heterocycles. The summed E-state index contributed by atoms with van der Waals surface area (Å²) in [7, 11) is 0. The van der Waals surface area contributed by atoms with Crippen molar-refractivity contribution in [3.8, 4) is 0 Å². The normalized spacial score (nSPS) is 11.2. The average Bonchev–Trinajstić information content (AvgIpc) is 2.70. The summed E-state index contributed by atoms with van der Waals surface area (Å²) >= 11 is 0. The minimum atomic E-state index is -0.403. The van der Waals surface area contributed by atoms with E-state index in [2.05, 4.69) is 10.3 Å². The summed E-state index contributed by atoms with van der Waals surface area (Å²) in [5.41, 5.74) is 5.84. The number of benzene rings is 3. The van der Waals surface area contributed by atoms with E-state index in [0.717, 1.165) is 22.6 Å². The Morgan fingerprint density at radius 2 is 1.45 bits per heavy atom. The number of anilines is 1. The molecule has 0 aliphatic rings. The van der Waals surface area contributed by atoms with Crippen molar-refractivity contribution in [2.75, 3.05) is 5.32 Å². The smallest absolute Gasteiger partial charge is 0.269 e. The number of aryl methyl sites for hydroxylation is 2. The van der Waals surface area contributed by atoms with Crippen LogP contribution < -0.4 is 5.32 Å². The van der Waals surface area contributed by atoms with Crippen molar-refractivity contribution in [1.82, 2.24) is 0 Å². The van der Waals surface area contributed by atoms with Gasteiger partial charge >= 0.3 is 0 Å². The minimum Gasteiger partial charge on any atom is -0.355 e. The molecule has 0 unspecified atom stereocenters. The predicted molar refractivity (Wildman–Crippen MR) is 122 cm³/mol. The molecule has 0 saturated heterocycles. The Kier molecular flexibility index (Phi) is 7.69. The van der Waals surface area contributed by atoms with Gasteiger partial charge in [0.15, 0.2) is 0 Å². The van der Waals surface area contributed by atoms with Crippen molar-refractivity contribution in [3.05, 3.63) is 106 Å². The van der Waals surface area contributed by atoms with Crippen molar-refractivity contribution >= 4 is 41.4 Å². The lowest BCUT2D eigenvalue weighted by atomic mass is 10.1. The Labute approximate surface area is 176 Å². The highest BCUT2D eigenvalue weighted by Gasteiger charge is 2.07. The zero-order valence-corrected chi connectivity index (χ0v) is 17.0. The summed E-state index contributed by atoms with van der Waals surface area (Å²) < 4.78 is 0. The maximum Gasteiger partial charge on any atom is 0.269 e. The first-order chi connectivity index (χ1) is 13.5. The lowest BCUT2D eigenvalue weighted by Crippen LogP contribution is -2.00. The fourth-order valence-corrected chi connectivity index (χ4v) is 2.59. The van der Waals surface area contributed by atoms with Crippen LogP contribution in [0.25, 0.3) is 5.70 Å². The van der Waals surface area contributed by atoms with Gasteiger partial charge in [-0.05, 0) is 61.9 Å². The zero-order valence-electron chi connectivity index (χ0n) is 16.2. The molecule has 3 rings (SSSR count). The van der Waals surface area contributed by atoms with Gasteiger partial charge in [0, 0.05) is 29.7 Å². The van der Waals surface area contributed by atoms with Crippen LogP contribution in [0.1, 0.15) is 16.7 Å². The van der Waals surface area contributed by atoms with Crippen LogP contribution in [0, 0.1) is 24.0 Å². The molecule has 1 N–H and O–H groups in total. The lowest BCUT2D eigenvalue weighted by Gasteiger charge is -2.11. The Hall–Kier alpha value is -3.44. The predicted octanol–water partition coefficient (Wildman–Crippen LogP) is 6.49. The number of rotatable bonds is 6. The molecule has 5 nitrogen and oxygen atoms in total. The van der Waals surface area contributed by atoms with Crippen LogP contribution in [0.4, 0.5) is 17.1 Å². The standard InChI is InChI=1S/C23H21N3O2.ClH/c1-17-3-9-20(10-4-17)24-16-15-23(25-21-11-5-18(2)6-12-21)19-7-13-22(14-8-19)26(27)28;/h3-16,25H,1-2H3;1H. The van der Waals surface area contributed by atoms with Crippen LogP contribution in [0.3, 0.4) is 0 Å². The Morgan fingerprint density at radius 1 is 0.897 bits per heavy atom. The van der Waals surface area contributed by atoms with Crippen LogP contribution in [-0.4, -0.2) is 11.1 Å². The van der Waals surface area contributed by atoms with Gasteiger partial charge in [-0.25, -0.2) is 0 Å². The molecule has 148 valence electrons. The summed E-state index contributed by atoms with van der Waals surface area (Å²) in [5.74, 6) is 0. The topological polar surface area (TPSA) is 67.5 Å². The molecule has 0 amide bonds. The second kappa shape index (κ2) is 10.2. The third kappa shape index (κ3) is 6.30. The zero-order chi connectivity index (χ0) is 19.9. The Balaban J connectivity index is 0.00000300. The average molecular weight is 408 g/mol. The van der Waals surface area contributed by atoms with E-state index >= 15 is 0 Å². The van der Waals surface area contributed by atoms with Gasteiger partial charge in [0.2, 0.25) is 0 Å². The Morgan fingerprint density at radius 3 is 2.00 bits per heavy atom. The summed E-state index contributed by atoms with van der Waals surface area (Å²) in [6, 6.07) is 22.4. The Bertz CT molecular complexity index is 1010. The minimum absolute atomic E-state index is 0. The first kappa shape index (κ1) is 21.9. The van der Waals surface area contributed by atoms with Crippen LogP contribution in [-0.2, 0) is 0 Å². The van der Waals surface area contributed by atoms with E-state index in [9.17, 15) is 10.1 Å². The van der Waals surface area contributed by atoms with E-state index in [-0.39, 0.29) is 18.1 Å². The molecule has 0 radical (unpaired) electrons. The number of nitro benzene ring substituents is 1. The molecule has 0 fully saturated rings. The van der Waals surface area contributed by atoms with E-state index < -0.39 is 4.92 Å². The molecule has 0 heterocycles. The van der Waals surface area contributed by atoms with Crippen molar-refractivity contribution in [2.24, 2.45) is 4.99 Å². The summed E-state index contributed by atoms with van der Waals surface area (Å²) in [6.45, 7) is 4.07. The maximum atomic E-state index is 10.9. The molecule has 3 aromatic rings. The van der Waals surface area contributed by atoms with Gasteiger partial charge in [-0.3, -0.25) is 15.1 Å². The first-order valence-electron chi connectivity index (χ1n) is 8.91. The third-order valence-corrected chi connectivity index (χ3v) is 4.22. The van der Waals surface area contributed by atoms with E-state index in [1.165, 1.54) is 23.3 Å². The molecule has 3 aromatic carbocycles. The summed E-state index contributed by atoms with van der Waals surface area (Å²) in [6.07, 6.45) is 3.59. The fourth-order valence-electron chi connectivity index (χ4n) is 2.59. The van der Waals surface area contributed by atoms with Gasteiger partial charge in [0.1, 0.15) is 0 Å². The molecular weight excluding hydrogens is 386 g/mol. The molecule has 0 bridgehead atoms. The maximum absolute atomic E-state index is 10.9. The number of non-ortho nitro benzene ring substituents is 1. The molecule has 29 heavy (non-hydrogen) atoms. The first-order valence-corrected chi connectivity index (χ1v) is 8.91. The number of nitrogens with zero attached hydrogens (tertiary/aromatic N) is 2. The number of halogens is 1. The number of hydrogen-bond acceptors (Lipinski definition) is 4. The molecule has 6 heteroatoms. The lowest BCUT2D eigenvalue weighted by molar-refractivity contribution is -0.384. The third-order valence-electron chi connectivity index (χ3n) is 4.22. The van der Waals surface area contributed by atoms with Crippen LogP contribution in [0.5, 0.6) is 0 Å². The van der Waals surface area contributed by atoms with Gasteiger partial charge < -0.3 is 5.32 Å². The number of nitrogens with one attached hydrogen (secondary N) is 1. The molecule has 0 spiro atoms. The van der Waals surface area contributed by atoms with E-state index in [4.69, 9.17) is 0 Å². The number of aliphatic imine (C=N–C) groups is 1. The van der Waals surface area contributed by atoms with E-state index in [1.807, 2.05) is 68.5 Å². The van der Waals surface area contributed by atoms with Crippen molar-refractivity contribution < 1.29 is 4.92 Å². The highest BCUT2D eigenvalue weighted by Crippen LogP contribution is 2.22. The highest BCUT2D eigenvalue weighted by atomic mass is 35.5. The number of hydrogen-bond donors (Lipinski definition) is 1. The largest absolute Gasteiger partial charge is 0.355 e. The van der Waals surface area contributed by atoms with Crippen molar-refractivity contribution in [2.45, 2.75) is 13.8 Å². The quantitative estimate of drug-likeness (QED) is 0.288. The monoisotopic (exact) mass is 407 g/mol. The second-order valence-electron chi connectivity index (χ2n) is 6.49. The van der Waals surface area contributed by atoms with Gasteiger partial charge in [-0.15, -0.1) is 12.4 Å². The van der Waals surface area contributed by atoms with Crippen LogP contribution in [0.15, 0.2) is 83.9 Å². The molecular formula is C23H22ClN3O2. The SMILES string of the molecule is Cc1ccc(N=CC=C(Nc2ccc(C)cc2)c2ccc([N+](=O)[O-])cc2)cc1.Cl. The van der Waals surface area contributed by atoms with Gasteiger partial charge in [-0.1, -0.05) is 35.4 Å². The number of nitro groups is 1. The molecule has 0 aliphatic carbocycles. The van der Waals surface area contributed by atoms with Crippen LogP contribution in [0.2, 0.25) is 0 Å². The number of allylic oxidation sites excluding steroid dienone is 1. The van der Waals surface area contributed by atoms with Gasteiger partial charge in [-0.2, -0.15) is 0 Å². The molecule has 0 aliphatic heterocycles. The van der Waals surface area contributed by atoms with Gasteiger partial charge in [0.05, 0.1) is 10.6 Å². The van der Waals surface area contributed by atoms with Crippen molar-refractivity contribution in [3.63, 3.8) is 0 Å². The summed E-state index contributed by atoms with van der Waals surface area (Å²) in [5, 5.41) is 14.3. The highest BCUT2D eigenvalue weighted by molar-refractivity contribution is 5.90. The van der Waals surface area contributed by atoms with Crippen molar-refractivity contribution in [1.29, 1.82) is 0 Å². The fraction of sp³-hybridized carbons (Fsp3) is 0.0870. The van der Waals surface area contributed by atoms with E-state index in [1.54, 1.807) is 18.3 Å². The van der Waals surface area contributed by atoms with E-state index in [0.29, 0.717) is 0 Å². The summed E-state index contributed by atoms with van der Waals surface area (Å²) in [4.78, 5) is 15.0. The molecule has 0 saturated carbocycles. The molecule has 0 atom stereocenters. The second-order valence-corrected chi connectivity index (χ2v) is 6.49.